The summed E-state index contributed by atoms with van der Waals surface area (Å²) in [4.78, 5) is 0. The van der Waals surface area contributed by atoms with Crippen LogP contribution in [-0.2, 0) is 4.74 Å². The molecule has 1 aromatic rings. The minimum Gasteiger partial charge on any atom is -0.441 e. The van der Waals surface area contributed by atoms with Gasteiger partial charge in [-0.3, -0.25) is 0 Å². The third-order valence-electron chi connectivity index (χ3n) is 2.50. The Balaban J connectivity index is 2.64. The summed E-state index contributed by atoms with van der Waals surface area (Å²) in [7, 11) is 1.39. The molecule has 3 nitrogen and oxygen atoms in total. The number of hydrogen-bond donors (Lipinski definition) is 1. The zero-order valence-electron chi connectivity index (χ0n) is 9.43. The quantitative estimate of drug-likeness (QED) is 0.759. The largest absolute Gasteiger partial charge is 0.441 e. The van der Waals surface area contributed by atoms with Crippen LogP contribution < -0.4 is 4.74 Å². The Morgan fingerprint density at radius 2 is 1.87 bits per heavy atom. The summed E-state index contributed by atoms with van der Waals surface area (Å²) in [5.41, 5.74) is 1.27. The molecule has 0 radical (unpaired) electrons. The number of methoxy groups -OCH3 is 1. The van der Waals surface area contributed by atoms with Crippen LogP contribution in [0.3, 0.4) is 0 Å². The molecule has 0 amide bonds. The maximum absolute atomic E-state index is 9.09. The van der Waals surface area contributed by atoms with Crippen molar-refractivity contribution < 1.29 is 14.6 Å². The van der Waals surface area contributed by atoms with E-state index in [-0.39, 0.29) is 0 Å². The molecule has 0 saturated carbocycles. The Morgan fingerprint density at radius 1 is 1.27 bits per heavy atom. The number of rotatable bonds is 5. The Bertz CT molecular complexity index is 281. The van der Waals surface area contributed by atoms with E-state index in [2.05, 4.69) is 18.6 Å². The van der Waals surface area contributed by atoms with Crippen molar-refractivity contribution in [3.63, 3.8) is 0 Å². The van der Waals surface area contributed by atoms with Gasteiger partial charge >= 0.3 is 6.48 Å². The Labute approximate surface area is 90.6 Å². The fraction of sp³-hybridized carbons (Fsp3) is 0.500. The van der Waals surface area contributed by atoms with Crippen LogP contribution in [0.25, 0.3) is 0 Å². The van der Waals surface area contributed by atoms with E-state index < -0.39 is 6.48 Å². The summed E-state index contributed by atoms with van der Waals surface area (Å²) in [6.45, 7) is 3.14. The van der Waals surface area contributed by atoms with Crippen LogP contribution in [0.15, 0.2) is 24.3 Å². The van der Waals surface area contributed by atoms with Crippen molar-refractivity contribution in [2.24, 2.45) is 0 Å². The second kappa shape index (κ2) is 5.73. The van der Waals surface area contributed by atoms with Gasteiger partial charge in [0.1, 0.15) is 5.75 Å². The molecule has 84 valence electrons. The lowest BCUT2D eigenvalue weighted by Crippen LogP contribution is -2.17. The SMILES string of the molecule is CCC(C)c1ccc(OC(O)OC)cc1. The van der Waals surface area contributed by atoms with Gasteiger partial charge < -0.3 is 14.6 Å². The molecule has 0 aliphatic heterocycles. The van der Waals surface area contributed by atoms with Crippen LogP contribution in [-0.4, -0.2) is 18.7 Å². The van der Waals surface area contributed by atoms with E-state index in [1.165, 1.54) is 12.7 Å². The molecule has 0 fully saturated rings. The van der Waals surface area contributed by atoms with E-state index in [1.54, 1.807) is 0 Å². The van der Waals surface area contributed by atoms with E-state index in [4.69, 9.17) is 9.84 Å². The van der Waals surface area contributed by atoms with Crippen LogP contribution in [0, 0.1) is 0 Å². The zero-order chi connectivity index (χ0) is 11.3. The van der Waals surface area contributed by atoms with Crippen molar-refractivity contribution in [1.82, 2.24) is 0 Å². The van der Waals surface area contributed by atoms with E-state index in [0.717, 1.165) is 6.42 Å². The molecule has 1 aromatic carbocycles. The van der Waals surface area contributed by atoms with Crippen LogP contribution in [0.4, 0.5) is 0 Å². The molecular formula is C12H18O3. The van der Waals surface area contributed by atoms with E-state index in [0.29, 0.717) is 11.7 Å². The number of ether oxygens (including phenoxy) is 2. The first-order valence-corrected chi connectivity index (χ1v) is 5.14. The number of benzene rings is 1. The molecule has 0 bridgehead atoms. The van der Waals surface area contributed by atoms with Crippen LogP contribution >= 0.6 is 0 Å². The number of aliphatic hydroxyl groups excluding tert-OH is 1. The molecule has 1 N–H and O–H groups in total. The summed E-state index contributed by atoms with van der Waals surface area (Å²) in [6.07, 6.45) is 1.11. The maximum Gasteiger partial charge on any atom is 0.313 e. The van der Waals surface area contributed by atoms with E-state index in [1.807, 2.05) is 24.3 Å². The Hall–Kier alpha value is -1.06. The predicted molar refractivity (Wildman–Crippen MR) is 58.8 cm³/mol. The molecule has 0 aliphatic rings. The highest BCUT2D eigenvalue weighted by Crippen LogP contribution is 2.21. The molecule has 0 aromatic heterocycles. The van der Waals surface area contributed by atoms with Gasteiger partial charge in [-0.05, 0) is 30.0 Å². The average molecular weight is 210 g/mol. The number of aliphatic hydroxyl groups is 1. The minimum atomic E-state index is -1.19. The van der Waals surface area contributed by atoms with Crippen LogP contribution in [0.5, 0.6) is 5.75 Å². The van der Waals surface area contributed by atoms with Gasteiger partial charge in [0.15, 0.2) is 0 Å². The molecule has 0 saturated heterocycles. The topological polar surface area (TPSA) is 38.7 Å². The summed E-state index contributed by atoms with van der Waals surface area (Å²) in [5, 5.41) is 9.09. The van der Waals surface area contributed by atoms with Crippen LogP contribution in [0.2, 0.25) is 0 Å². The fourth-order valence-corrected chi connectivity index (χ4v) is 1.28. The van der Waals surface area contributed by atoms with Gasteiger partial charge in [-0.15, -0.1) is 0 Å². The first-order valence-electron chi connectivity index (χ1n) is 5.14. The van der Waals surface area contributed by atoms with Crippen molar-refractivity contribution in [1.29, 1.82) is 0 Å². The smallest absolute Gasteiger partial charge is 0.313 e. The average Bonchev–Trinajstić information content (AvgIpc) is 2.29. The molecule has 0 aliphatic carbocycles. The molecular weight excluding hydrogens is 192 g/mol. The van der Waals surface area contributed by atoms with Gasteiger partial charge in [-0.1, -0.05) is 26.0 Å². The highest BCUT2D eigenvalue weighted by atomic mass is 16.8. The highest BCUT2D eigenvalue weighted by Gasteiger charge is 2.05. The first-order chi connectivity index (χ1) is 7.17. The maximum atomic E-state index is 9.09. The summed E-state index contributed by atoms with van der Waals surface area (Å²) < 4.78 is 9.65. The van der Waals surface area contributed by atoms with Crippen molar-refractivity contribution in [3.8, 4) is 5.75 Å². The lowest BCUT2D eigenvalue weighted by atomic mass is 9.99. The van der Waals surface area contributed by atoms with Gasteiger partial charge in [0.05, 0.1) is 0 Å². The Morgan fingerprint density at radius 3 is 2.33 bits per heavy atom. The molecule has 15 heavy (non-hydrogen) atoms. The minimum absolute atomic E-state index is 0.548. The molecule has 2 unspecified atom stereocenters. The first kappa shape index (κ1) is 12.0. The van der Waals surface area contributed by atoms with Gasteiger partial charge in [0.2, 0.25) is 0 Å². The van der Waals surface area contributed by atoms with Crippen molar-refractivity contribution in [3.05, 3.63) is 29.8 Å². The molecule has 1 rings (SSSR count). The molecule has 0 spiro atoms. The third-order valence-corrected chi connectivity index (χ3v) is 2.50. The summed E-state index contributed by atoms with van der Waals surface area (Å²) in [6, 6.07) is 7.69. The lowest BCUT2D eigenvalue weighted by molar-refractivity contribution is -0.200. The molecule has 0 heterocycles. The normalized spacial score (nSPS) is 14.7. The second-order valence-electron chi connectivity index (χ2n) is 3.54. The highest BCUT2D eigenvalue weighted by molar-refractivity contribution is 5.29. The van der Waals surface area contributed by atoms with E-state index in [9.17, 15) is 0 Å². The van der Waals surface area contributed by atoms with E-state index >= 15 is 0 Å². The summed E-state index contributed by atoms with van der Waals surface area (Å²) in [5.74, 6) is 1.16. The standard InChI is InChI=1S/C12H18O3/c1-4-9(2)10-5-7-11(8-6-10)15-12(13)14-3/h5-9,12-13H,4H2,1-3H3. The third kappa shape index (κ3) is 3.53. The second-order valence-corrected chi connectivity index (χ2v) is 3.54. The van der Waals surface area contributed by atoms with Crippen molar-refractivity contribution in [2.45, 2.75) is 32.7 Å². The van der Waals surface area contributed by atoms with Gasteiger partial charge in [0, 0.05) is 7.11 Å². The summed E-state index contributed by atoms with van der Waals surface area (Å²) >= 11 is 0. The zero-order valence-corrected chi connectivity index (χ0v) is 9.43. The lowest BCUT2D eigenvalue weighted by Gasteiger charge is -2.13. The van der Waals surface area contributed by atoms with Crippen molar-refractivity contribution >= 4 is 0 Å². The number of hydrogen-bond acceptors (Lipinski definition) is 3. The van der Waals surface area contributed by atoms with Gasteiger partial charge in [-0.25, -0.2) is 0 Å². The monoisotopic (exact) mass is 210 g/mol. The fourth-order valence-electron chi connectivity index (χ4n) is 1.28. The molecule has 3 heteroatoms. The van der Waals surface area contributed by atoms with Crippen LogP contribution in [0.1, 0.15) is 31.7 Å². The Kier molecular flexibility index (Phi) is 4.59. The van der Waals surface area contributed by atoms with Gasteiger partial charge in [-0.2, -0.15) is 0 Å². The molecule has 2 atom stereocenters. The van der Waals surface area contributed by atoms with Crippen molar-refractivity contribution in [2.75, 3.05) is 7.11 Å². The van der Waals surface area contributed by atoms with Gasteiger partial charge in [0.25, 0.3) is 0 Å². The predicted octanol–water partition coefficient (Wildman–Crippen LogP) is 2.50.